The molecule has 1 rings (SSSR count). The zero-order valence-electron chi connectivity index (χ0n) is 12.2. The average Bonchev–Trinajstić information content (AvgIpc) is 2.32. The molecule has 0 atom stereocenters. The highest BCUT2D eigenvalue weighted by Crippen LogP contribution is 2.22. The van der Waals surface area contributed by atoms with Crippen LogP contribution in [0.3, 0.4) is 0 Å². The van der Waals surface area contributed by atoms with Crippen molar-refractivity contribution in [2.45, 2.75) is 30.4 Å². The maximum Gasteiger partial charge on any atom is 0.338 e. The molecule has 0 aliphatic rings. The molecule has 0 spiro atoms. The fourth-order valence-corrected chi connectivity index (χ4v) is 2.87. The topological polar surface area (TPSA) is 60.4 Å². The molecule has 1 aromatic rings. The predicted octanol–water partition coefficient (Wildman–Crippen LogP) is 2.78. The number of carbonyl (C=O) groups excluding carboxylic acids is 1. The first-order valence-electron chi connectivity index (χ1n) is 6.21. The van der Waals surface area contributed by atoms with Gasteiger partial charge in [-0.1, -0.05) is 26.8 Å². The zero-order valence-corrected chi connectivity index (χ0v) is 13.8. The fraction of sp³-hybridized carbons (Fsp3) is 0.500. The number of thioether (sulfide) groups is 1. The summed E-state index contributed by atoms with van der Waals surface area (Å²) in [6.45, 7) is 6.59. The summed E-state index contributed by atoms with van der Waals surface area (Å²) in [5.74, 6) is 0.214. The second kappa shape index (κ2) is 6.63. The van der Waals surface area contributed by atoms with E-state index >= 15 is 0 Å². The standard InChI is InChI=1S/C14H20O4S2/c1-14(2,3)19-9-8-18-13(15)11-6-5-7-12(10-11)20(4,16)17/h5-7,10H,8-9H2,1-4H3. The van der Waals surface area contributed by atoms with E-state index < -0.39 is 15.8 Å². The van der Waals surface area contributed by atoms with E-state index in [1.54, 1.807) is 17.8 Å². The first-order valence-corrected chi connectivity index (χ1v) is 9.08. The van der Waals surface area contributed by atoms with Crippen molar-refractivity contribution in [1.29, 1.82) is 0 Å². The summed E-state index contributed by atoms with van der Waals surface area (Å²) in [6, 6.07) is 5.89. The maximum atomic E-state index is 11.8. The fourth-order valence-electron chi connectivity index (χ4n) is 1.42. The molecular weight excluding hydrogens is 296 g/mol. The van der Waals surface area contributed by atoms with Crippen molar-refractivity contribution in [3.8, 4) is 0 Å². The van der Waals surface area contributed by atoms with E-state index in [-0.39, 0.29) is 15.2 Å². The van der Waals surface area contributed by atoms with Crippen LogP contribution < -0.4 is 0 Å². The molecule has 0 N–H and O–H groups in total. The third-order valence-corrected chi connectivity index (χ3v) is 4.70. The average molecular weight is 316 g/mol. The van der Waals surface area contributed by atoms with E-state index in [9.17, 15) is 13.2 Å². The summed E-state index contributed by atoms with van der Waals surface area (Å²) in [7, 11) is -3.32. The SMILES string of the molecule is CC(C)(C)SCCOC(=O)c1cccc(S(C)(=O)=O)c1. The number of esters is 1. The van der Waals surface area contributed by atoms with Gasteiger partial charge in [0.2, 0.25) is 0 Å². The van der Waals surface area contributed by atoms with Crippen molar-refractivity contribution in [3.63, 3.8) is 0 Å². The molecule has 112 valence electrons. The van der Waals surface area contributed by atoms with Crippen LogP contribution in [0, 0.1) is 0 Å². The molecule has 0 unspecified atom stereocenters. The maximum absolute atomic E-state index is 11.8. The van der Waals surface area contributed by atoms with Gasteiger partial charge in [-0.05, 0) is 18.2 Å². The number of ether oxygens (including phenoxy) is 1. The molecule has 0 saturated heterocycles. The van der Waals surface area contributed by atoms with E-state index in [2.05, 4.69) is 20.8 Å². The molecule has 0 heterocycles. The minimum absolute atomic E-state index is 0.121. The molecule has 6 heteroatoms. The summed E-state index contributed by atoms with van der Waals surface area (Å²) in [6.07, 6.45) is 1.11. The molecule has 0 saturated carbocycles. The van der Waals surface area contributed by atoms with Crippen LogP contribution in [0.2, 0.25) is 0 Å². The summed E-state index contributed by atoms with van der Waals surface area (Å²) in [5.41, 5.74) is 0.258. The largest absolute Gasteiger partial charge is 0.461 e. The number of rotatable bonds is 5. The molecule has 0 radical (unpaired) electrons. The monoisotopic (exact) mass is 316 g/mol. The predicted molar refractivity (Wildman–Crippen MR) is 82.0 cm³/mol. The Labute approximate surface area is 124 Å². The van der Waals surface area contributed by atoms with Crippen molar-refractivity contribution < 1.29 is 17.9 Å². The lowest BCUT2D eigenvalue weighted by molar-refractivity contribution is 0.0530. The number of carbonyl (C=O) groups is 1. The molecule has 0 aliphatic heterocycles. The molecule has 0 aromatic heterocycles. The first kappa shape index (κ1) is 17.0. The molecule has 1 aromatic carbocycles. The molecule has 20 heavy (non-hydrogen) atoms. The minimum atomic E-state index is -3.32. The van der Waals surface area contributed by atoms with Gasteiger partial charge in [-0.2, -0.15) is 11.8 Å². The Balaban J connectivity index is 2.61. The van der Waals surface area contributed by atoms with Crippen LogP contribution in [-0.4, -0.2) is 37.7 Å². The van der Waals surface area contributed by atoms with Gasteiger partial charge in [-0.25, -0.2) is 13.2 Å². The lowest BCUT2D eigenvalue weighted by atomic mass is 10.2. The van der Waals surface area contributed by atoms with Crippen molar-refractivity contribution in [2.24, 2.45) is 0 Å². The molecule has 0 bridgehead atoms. The van der Waals surface area contributed by atoms with Gasteiger partial charge in [0.05, 0.1) is 10.5 Å². The normalized spacial score (nSPS) is 12.2. The third-order valence-electron chi connectivity index (χ3n) is 2.35. The molecule has 4 nitrogen and oxygen atoms in total. The number of sulfone groups is 1. The van der Waals surface area contributed by atoms with Crippen LogP contribution in [0.5, 0.6) is 0 Å². The first-order chi connectivity index (χ1) is 9.09. The zero-order chi connectivity index (χ0) is 15.4. The van der Waals surface area contributed by atoms with Crippen molar-refractivity contribution in [2.75, 3.05) is 18.6 Å². The van der Waals surface area contributed by atoms with Crippen LogP contribution >= 0.6 is 11.8 Å². The van der Waals surface area contributed by atoms with Gasteiger partial charge in [0.1, 0.15) is 6.61 Å². The van der Waals surface area contributed by atoms with Crippen molar-refractivity contribution >= 4 is 27.6 Å². The van der Waals surface area contributed by atoms with Crippen LogP contribution in [0.1, 0.15) is 31.1 Å². The van der Waals surface area contributed by atoms with E-state index in [0.717, 1.165) is 6.26 Å². The van der Waals surface area contributed by atoms with Crippen LogP contribution in [-0.2, 0) is 14.6 Å². The highest BCUT2D eigenvalue weighted by Gasteiger charge is 2.14. The summed E-state index contributed by atoms with van der Waals surface area (Å²) in [4.78, 5) is 11.9. The highest BCUT2D eigenvalue weighted by molar-refractivity contribution is 8.00. The van der Waals surface area contributed by atoms with Gasteiger partial charge < -0.3 is 4.74 Å². The Bertz CT molecular complexity index is 571. The van der Waals surface area contributed by atoms with Gasteiger partial charge >= 0.3 is 5.97 Å². The van der Waals surface area contributed by atoms with Crippen molar-refractivity contribution in [3.05, 3.63) is 29.8 Å². The number of hydrogen-bond acceptors (Lipinski definition) is 5. The smallest absolute Gasteiger partial charge is 0.338 e. The Hall–Kier alpha value is -1.01. The third kappa shape index (κ3) is 5.96. The van der Waals surface area contributed by atoms with Crippen LogP contribution in [0.25, 0.3) is 0 Å². The van der Waals surface area contributed by atoms with E-state index in [4.69, 9.17) is 4.74 Å². The number of hydrogen-bond donors (Lipinski definition) is 0. The van der Waals surface area contributed by atoms with Gasteiger partial charge in [-0.3, -0.25) is 0 Å². The second-order valence-electron chi connectivity index (χ2n) is 5.40. The van der Waals surface area contributed by atoms with Gasteiger partial charge in [-0.15, -0.1) is 0 Å². The Morgan fingerprint density at radius 1 is 1.30 bits per heavy atom. The molecule has 0 aliphatic carbocycles. The van der Waals surface area contributed by atoms with E-state index in [1.807, 2.05) is 0 Å². The molecule has 0 amide bonds. The lowest BCUT2D eigenvalue weighted by Gasteiger charge is -2.17. The van der Waals surface area contributed by atoms with Crippen molar-refractivity contribution in [1.82, 2.24) is 0 Å². The van der Waals surface area contributed by atoms with Crippen LogP contribution in [0.4, 0.5) is 0 Å². The summed E-state index contributed by atoms with van der Waals surface area (Å²) in [5, 5.41) is 0. The highest BCUT2D eigenvalue weighted by atomic mass is 32.2. The quantitative estimate of drug-likeness (QED) is 0.617. The van der Waals surface area contributed by atoms with Gasteiger partial charge in [0, 0.05) is 16.8 Å². The number of benzene rings is 1. The van der Waals surface area contributed by atoms with E-state index in [1.165, 1.54) is 18.2 Å². The Morgan fingerprint density at radius 2 is 1.95 bits per heavy atom. The molecular formula is C14H20O4S2. The summed E-state index contributed by atoms with van der Waals surface area (Å²) < 4.78 is 28.1. The van der Waals surface area contributed by atoms with Gasteiger partial charge in [0.25, 0.3) is 0 Å². The lowest BCUT2D eigenvalue weighted by Crippen LogP contribution is -2.13. The molecule has 0 fully saturated rings. The second-order valence-corrected chi connectivity index (χ2v) is 9.33. The van der Waals surface area contributed by atoms with Gasteiger partial charge in [0.15, 0.2) is 9.84 Å². The Morgan fingerprint density at radius 3 is 2.50 bits per heavy atom. The van der Waals surface area contributed by atoms with Crippen LogP contribution in [0.15, 0.2) is 29.2 Å². The minimum Gasteiger partial charge on any atom is -0.461 e. The summed E-state index contributed by atoms with van der Waals surface area (Å²) >= 11 is 1.71. The van der Waals surface area contributed by atoms with E-state index in [0.29, 0.717) is 12.4 Å². The Kier molecular flexibility index (Phi) is 5.65.